The third-order valence-electron chi connectivity index (χ3n) is 3.67. The van der Waals surface area contributed by atoms with Crippen molar-refractivity contribution in [3.63, 3.8) is 0 Å². The lowest BCUT2D eigenvalue weighted by Gasteiger charge is -2.14. The van der Waals surface area contributed by atoms with Crippen LogP contribution in [-0.4, -0.2) is 18.1 Å². The fraction of sp³-hybridized carbons (Fsp3) is 0.111. The first-order valence-electron chi connectivity index (χ1n) is 7.30. The van der Waals surface area contributed by atoms with Crippen molar-refractivity contribution in [1.29, 1.82) is 0 Å². The molecule has 0 radical (unpaired) electrons. The maximum absolute atomic E-state index is 13.0. The van der Waals surface area contributed by atoms with Gasteiger partial charge in [-0.15, -0.1) is 0 Å². The summed E-state index contributed by atoms with van der Waals surface area (Å²) in [6.07, 6.45) is -2.97. The van der Waals surface area contributed by atoms with Gasteiger partial charge in [0.15, 0.2) is 0 Å². The molecule has 1 heterocycles. The van der Waals surface area contributed by atoms with Gasteiger partial charge in [-0.05, 0) is 36.4 Å². The van der Waals surface area contributed by atoms with Crippen molar-refractivity contribution >= 4 is 28.2 Å². The monoisotopic (exact) mass is 346 g/mol. The Kier molecular flexibility index (Phi) is 4.31. The van der Waals surface area contributed by atoms with E-state index in [-0.39, 0.29) is 5.56 Å². The number of nitrogens with zero attached hydrogens (tertiary/aromatic N) is 1. The largest absolute Gasteiger partial charge is 0.465 e. The summed E-state index contributed by atoms with van der Waals surface area (Å²) in [7, 11) is 1.26. The lowest BCUT2D eigenvalue weighted by Crippen LogP contribution is -2.06. The summed E-state index contributed by atoms with van der Waals surface area (Å²) in [6.45, 7) is 0. The SMILES string of the molecule is COC(=O)c1ccccc1Nc1ccnc2ccc(C(F)(F)F)cc12. The molecule has 0 atom stereocenters. The molecule has 0 bridgehead atoms. The molecule has 25 heavy (non-hydrogen) atoms. The first-order chi connectivity index (χ1) is 11.9. The second-order valence-electron chi connectivity index (χ2n) is 5.25. The lowest BCUT2D eigenvalue weighted by molar-refractivity contribution is -0.137. The number of halogens is 3. The van der Waals surface area contributed by atoms with Crippen LogP contribution in [0.3, 0.4) is 0 Å². The number of aromatic nitrogens is 1. The van der Waals surface area contributed by atoms with E-state index >= 15 is 0 Å². The molecule has 2 aromatic carbocycles. The smallest absolute Gasteiger partial charge is 0.416 e. The number of hydrogen-bond acceptors (Lipinski definition) is 4. The van der Waals surface area contributed by atoms with Crippen LogP contribution in [0.4, 0.5) is 24.5 Å². The topological polar surface area (TPSA) is 51.2 Å². The zero-order valence-corrected chi connectivity index (χ0v) is 13.1. The summed E-state index contributed by atoms with van der Waals surface area (Å²) in [5.74, 6) is -0.544. The number of alkyl halides is 3. The Hall–Kier alpha value is -3.09. The molecule has 1 N–H and O–H groups in total. The standard InChI is InChI=1S/C18H13F3N2O2/c1-25-17(24)12-4-2-3-5-15(12)23-16-8-9-22-14-7-6-11(10-13(14)16)18(19,20)21/h2-10H,1H3,(H,22,23). The van der Waals surface area contributed by atoms with Crippen LogP contribution in [0, 0.1) is 0 Å². The van der Waals surface area contributed by atoms with Gasteiger partial charge >= 0.3 is 12.1 Å². The number of anilines is 2. The predicted molar refractivity (Wildman–Crippen MR) is 87.8 cm³/mol. The highest BCUT2D eigenvalue weighted by atomic mass is 19.4. The fourth-order valence-corrected chi connectivity index (χ4v) is 2.46. The molecule has 3 rings (SSSR count). The Labute approximate surface area is 141 Å². The number of hydrogen-bond donors (Lipinski definition) is 1. The number of para-hydroxylation sites is 1. The van der Waals surface area contributed by atoms with Crippen molar-refractivity contribution in [3.8, 4) is 0 Å². The minimum Gasteiger partial charge on any atom is -0.465 e. The van der Waals surface area contributed by atoms with E-state index in [2.05, 4.69) is 10.3 Å². The molecule has 0 saturated heterocycles. The summed E-state index contributed by atoms with van der Waals surface area (Å²) in [4.78, 5) is 15.9. The van der Waals surface area contributed by atoms with Crippen molar-refractivity contribution in [3.05, 3.63) is 65.9 Å². The van der Waals surface area contributed by atoms with Gasteiger partial charge in [0.05, 0.1) is 29.4 Å². The number of carbonyl (C=O) groups excluding carboxylic acids is 1. The van der Waals surface area contributed by atoms with Crippen molar-refractivity contribution < 1.29 is 22.7 Å². The highest BCUT2D eigenvalue weighted by Crippen LogP contribution is 2.34. The number of methoxy groups -OCH3 is 1. The lowest BCUT2D eigenvalue weighted by atomic mass is 10.1. The number of esters is 1. The second kappa shape index (κ2) is 6.43. The maximum atomic E-state index is 13.0. The average molecular weight is 346 g/mol. The van der Waals surface area contributed by atoms with Gasteiger partial charge in [0, 0.05) is 17.3 Å². The summed E-state index contributed by atoms with van der Waals surface area (Å²) in [6, 6.07) is 11.5. The minimum absolute atomic E-state index is 0.280. The number of rotatable bonds is 3. The molecule has 0 amide bonds. The van der Waals surface area contributed by atoms with Crippen LogP contribution in [0.2, 0.25) is 0 Å². The molecule has 7 heteroatoms. The number of carbonyl (C=O) groups is 1. The van der Waals surface area contributed by atoms with E-state index in [0.717, 1.165) is 12.1 Å². The number of pyridine rings is 1. The van der Waals surface area contributed by atoms with Crippen molar-refractivity contribution in [2.45, 2.75) is 6.18 Å². The quantitative estimate of drug-likeness (QED) is 0.693. The molecule has 0 aliphatic heterocycles. The summed E-state index contributed by atoms with van der Waals surface area (Å²) >= 11 is 0. The third-order valence-corrected chi connectivity index (χ3v) is 3.67. The number of fused-ring (bicyclic) bond motifs is 1. The number of nitrogens with one attached hydrogen (secondary N) is 1. The Morgan fingerprint density at radius 3 is 2.56 bits per heavy atom. The predicted octanol–water partition coefficient (Wildman–Crippen LogP) is 4.78. The first kappa shape index (κ1) is 16.8. The molecule has 128 valence electrons. The molecule has 0 unspecified atom stereocenters. The Morgan fingerprint density at radius 1 is 1.08 bits per heavy atom. The van der Waals surface area contributed by atoms with Crippen molar-refractivity contribution in [1.82, 2.24) is 4.98 Å². The van der Waals surface area contributed by atoms with Crippen LogP contribution < -0.4 is 5.32 Å². The van der Waals surface area contributed by atoms with Crippen LogP contribution >= 0.6 is 0 Å². The molecular weight excluding hydrogens is 333 g/mol. The van der Waals surface area contributed by atoms with E-state index in [1.165, 1.54) is 19.4 Å². The number of ether oxygens (including phenoxy) is 1. The molecule has 0 saturated carbocycles. The van der Waals surface area contributed by atoms with Crippen molar-refractivity contribution in [2.75, 3.05) is 12.4 Å². The van der Waals surface area contributed by atoms with Crippen LogP contribution in [-0.2, 0) is 10.9 Å². The molecule has 4 nitrogen and oxygen atoms in total. The second-order valence-corrected chi connectivity index (χ2v) is 5.25. The molecule has 0 aliphatic carbocycles. The van der Waals surface area contributed by atoms with Crippen LogP contribution in [0.1, 0.15) is 15.9 Å². The van der Waals surface area contributed by atoms with Crippen LogP contribution in [0.5, 0.6) is 0 Å². The summed E-state index contributed by atoms with van der Waals surface area (Å²) in [5, 5.41) is 3.30. The van der Waals surface area contributed by atoms with Gasteiger partial charge in [-0.3, -0.25) is 4.98 Å². The molecule has 1 aromatic heterocycles. The van der Waals surface area contributed by atoms with Crippen LogP contribution in [0.25, 0.3) is 10.9 Å². The van der Waals surface area contributed by atoms with Gasteiger partial charge in [-0.2, -0.15) is 13.2 Å². The maximum Gasteiger partial charge on any atom is 0.416 e. The normalized spacial score (nSPS) is 11.4. The number of benzene rings is 2. The fourth-order valence-electron chi connectivity index (χ4n) is 2.46. The minimum atomic E-state index is -4.45. The molecule has 0 fully saturated rings. The van der Waals surface area contributed by atoms with Gasteiger partial charge in [-0.1, -0.05) is 12.1 Å². The first-order valence-corrected chi connectivity index (χ1v) is 7.30. The zero-order chi connectivity index (χ0) is 18.0. The Balaban J connectivity index is 2.10. The summed E-state index contributed by atoms with van der Waals surface area (Å²) in [5.41, 5.74) is 0.763. The van der Waals surface area contributed by atoms with Crippen LogP contribution in [0.15, 0.2) is 54.7 Å². The van der Waals surface area contributed by atoms with E-state index in [1.807, 2.05) is 0 Å². The highest BCUT2D eigenvalue weighted by Gasteiger charge is 2.30. The van der Waals surface area contributed by atoms with Gasteiger partial charge in [0.1, 0.15) is 0 Å². The molecule has 0 spiro atoms. The molecule has 0 aliphatic rings. The van der Waals surface area contributed by atoms with E-state index in [9.17, 15) is 18.0 Å². The van der Waals surface area contributed by atoms with Gasteiger partial charge in [-0.25, -0.2) is 4.79 Å². The highest BCUT2D eigenvalue weighted by molar-refractivity contribution is 5.99. The van der Waals surface area contributed by atoms with Gasteiger partial charge in [0.2, 0.25) is 0 Å². The van der Waals surface area contributed by atoms with E-state index < -0.39 is 17.7 Å². The van der Waals surface area contributed by atoms with Gasteiger partial charge < -0.3 is 10.1 Å². The van der Waals surface area contributed by atoms with E-state index in [4.69, 9.17) is 4.74 Å². The van der Waals surface area contributed by atoms with E-state index in [1.54, 1.807) is 30.3 Å². The molecular formula is C18H13F3N2O2. The van der Waals surface area contributed by atoms with E-state index in [0.29, 0.717) is 22.3 Å². The summed E-state index contributed by atoms with van der Waals surface area (Å²) < 4.78 is 43.7. The average Bonchev–Trinajstić information content (AvgIpc) is 2.60. The van der Waals surface area contributed by atoms with Crippen molar-refractivity contribution in [2.24, 2.45) is 0 Å². The zero-order valence-electron chi connectivity index (χ0n) is 13.1. The third kappa shape index (κ3) is 3.40. The Morgan fingerprint density at radius 2 is 1.84 bits per heavy atom. The molecule has 3 aromatic rings. The Bertz CT molecular complexity index is 939. The van der Waals surface area contributed by atoms with Gasteiger partial charge in [0.25, 0.3) is 0 Å².